The molecule has 30 heavy (non-hydrogen) atoms. The first-order chi connectivity index (χ1) is 14.6. The zero-order valence-electron chi connectivity index (χ0n) is 16.3. The number of amides is 1. The molecule has 1 amide bonds. The van der Waals surface area contributed by atoms with E-state index >= 15 is 0 Å². The quantitative estimate of drug-likeness (QED) is 0.333. The number of carbonyl (C=O) groups excluding carboxylic acids is 1. The maximum absolute atomic E-state index is 13.3. The van der Waals surface area contributed by atoms with E-state index in [4.69, 9.17) is 15.5 Å². The molecule has 9 heteroatoms. The molecule has 0 aliphatic rings. The van der Waals surface area contributed by atoms with Gasteiger partial charge in [-0.3, -0.25) is 14.2 Å². The predicted molar refractivity (Wildman–Crippen MR) is 120 cm³/mol. The highest BCUT2D eigenvalue weighted by Crippen LogP contribution is 2.30. The second-order valence-electron chi connectivity index (χ2n) is 6.67. The Balaban J connectivity index is 1.77. The number of hydrogen-bond acceptors (Lipinski definition) is 7. The van der Waals surface area contributed by atoms with Gasteiger partial charge in [-0.1, -0.05) is 30.8 Å². The maximum Gasteiger partial charge on any atom is 0.272 e. The Hall–Kier alpha value is -2.91. The van der Waals surface area contributed by atoms with Crippen molar-refractivity contribution in [2.24, 2.45) is 5.73 Å². The minimum atomic E-state index is -0.463. The van der Waals surface area contributed by atoms with Gasteiger partial charge in [0.1, 0.15) is 15.3 Å². The Morgan fingerprint density at radius 1 is 1.27 bits per heavy atom. The summed E-state index contributed by atoms with van der Waals surface area (Å²) in [4.78, 5) is 34.5. The minimum absolute atomic E-state index is 0.0437. The fourth-order valence-corrected chi connectivity index (χ4v) is 4.78. The van der Waals surface area contributed by atoms with E-state index in [1.165, 1.54) is 23.1 Å². The number of aromatic nitrogens is 3. The number of rotatable bonds is 8. The highest BCUT2D eigenvalue weighted by Gasteiger charge is 2.17. The third-order valence-corrected chi connectivity index (χ3v) is 6.49. The molecule has 0 radical (unpaired) electrons. The smallest absolute Gasteiger partial charge is 0.272 e. The van der Waals surface area contributed by atoms with E-state index in [2.05, 4.69) is 11.9 Å². The molecule has 0 bridgehead atoms. The van der Waals surface area contributed by atoms with Gasteiger partial charge >= 0.3 is 0 Å². The van der Waals surface area contributed by atoms with Gasteiger partial charge in [-0.05, 0) is 36.2 Å². The van der Waals surface area contributed by atoms with Crippen LogP contribution in [0.15, 0.2) is 52.5 Å². The molecule has 3 aromatic heterocycles. The summed E-state index contributed by atoms with van der Waals surface area (Å²) in [5.41, 5.74) is 6.72. The van der Waals surface area contributed by atoms with E-state index in [1.807, 2.05) is 36.4 Å². The van der Waals surface area contributed by atoms with Crippen LogP contribution in [0.25, 0.3) is 20.4 Å². The Kier molecular flexibility index (Phi) is 6.01. The summed E-state index contributed by atoms with van der Waals surface area (Å²) in [6, 6.07) is 11.4. The monoisotopic (exact) mass is 440 g/mol. The first kappa shape index (κ1) is 20.4. The van der Waals surface area contributed by atoms with Crippen molar-refractivity contribution in [1.29, 1.82) is 0 Å². The number of ether oxygens (including phenoxy) is 1. The number of fused-ring (bicyclic) bond motifs is 3. The standard InChI is InChI=1S/C21H20N4O3S2/c1-2-10-28-14-7-5-13(6-8-14)11-25-20(27)18-17(24-21(25)29-12-16(22)26)15-4-3-9-23-19(15)30-18/h3-9H,2,10-12H2,1H3,(H2,22,26). The molecule has 154 valence electrons. The minimum Gasteiger partial charge on any atom is -0.494 e. The lowest BCUT2D eigenvalue weighted by Gasteiger charge is -2.12. The lowest BCUT2D eigenvalue weighted by Crippen LogP contribution is -2.24. The number of benzene rings is 1. The van der Waals surface area contributed by atoms with Gasteiger partial charge in [-0.15, -0.1) is 11.3 Å². The van der Waals surface area contributed by atoms with Crippen LogP contribution in [-0.4, -0.2) is 32.8 Å². The summed E-state index contributed by atoms with van der Waals surface area (Å²) < 4.78 is 7.76. The summed E-state index contributed by atoms with van der Waals surface area (Å²) in [6.45, 7) is 3.05. The van der Waals surface area contributed by atoms with E-state index in [-0.39, 0.29) is 11.3 Å². The highest BCUT2D eigenvalue weighted by atomic mass is 32.2. The molecular formula is C21H20N4O3S2. The van der Waals surface area contributed by atoms with Gasteiger partial charge in [-0.2, -0.15) is 0 Å². The lowest BCUT2D eigenvalue weighted by atomic mass is 10.2. The van der Waals surface area contributed by atoms with Crippen LogP contribution in [0.3, 0.4) is 0 Å². The second kappa shape index (κ2) is 8.85. The molecule has 0 saturated heterocycles. The van der Waals surface area contributed by atoms with Crippen LogP contribution >= 0.6 is 23.1 Å². The van der Waals surface area contributed by atoms with Crippen molar-refractivity contribution in [2.75, 3.05) is 12.4 Å². The average molecular weight is 441 g/mol. The van der Waals surface area contributed by atoms with Crippen LogP contribution in [0.2, 0.25) is 0 Å². The summed E-state index contributed by atoms with van der Waals surface area (Å²) in [7, 11) is 0. The Morgan fingerprint density at radius 2 is 2.07 bits per heavy atom. The van der Waals surface area contributed by atoms with Gasteiger partial charge < -0.3 is 10.5 Å². The fourth-order valence-electron chi connectivity index (χ4n) is 3.02. The Morgan fingerprint density at radius 3 is 2.80 bits per heavy atom. The number of thioether (sulfide) groups is 1. The molecule has 0 spiro atoms. The molecular weight excluding hydrogens is 420 g/mol. The lowest BCUT2D eigenvalue weighted by molar-refractivity contribution is -0.115. The van der Waals surface area contributed by atoms with Crippen molar-refractivity contribution in [2.45, 2.75) is 25.0 Å². The van der Waals surface area contributed by atoms with Gasteiger partial charge in [0.2, 0.25) is 5.91 Å². The average Bonchev–Trinajstić information content (AvgIpc) is 3.13. The first-order valence-corrected chi connectivity index (χ1v) is 11.3. The Labute approximate surface area is 180 Å². The molecule has 4 aromatic rings. The maximum atomic E-state index is 13.3. The first-order valence-electron chi connectivity index (χ1n) is 9.47. The summed E-state index contributed by atoms with van der Waals surface area (Å²) >= 11 is 2.50. The van der Waals surface area contributed by atoms with Gasteiger partial charge in [0.25, 0.3) is 5.56 Å². The predicted octanol–water partition coefficient (Wildman–Crippen LogP) is 3.42. The van der Waals surface area contributed by atoms with Crippen LogP contribution in [-0.2, 0) is 11.3 Å². The summed E-state index contributed by atoms with van der Waals surface area (Å²) in [6.07, 6.45) is 2.63. The van der Waals surface area contributed by atoms with Crippen LogP contribution in [0, 0.1) is 0 Å². The number of nitrogens with zero attached hydrogens (tertiary/aromatic N) is 3. The van der Waals surface area contributed by atoms with Gasteiger partial charge in [-0.25, -0.2) is 9.97 Å². The molecule has 0 aliphatic carbocycles. The summed E-state index contributed by atoms with van der Waals surface area (Å²) in [5, 5.41) is 1.29. The van der Waals surface area contributed by atoms with E-state index in [0.717, 1.165) is 28.0 Å². The van der Waals surface area contributed by atoms with Crippen molar-refractivity contribution in [1.82, 2.24) is 14.5 Å². The molecule has 2 N–H and O–H groups in total. The van der Waals surface area contributed by atoms with Crippen molar-refractivity contribution in [3.8, 4) is 5.75 Å². The van der Waals surface area contributed by atoms with Crippen molar-refractivity contribution in [3.05, 3.63) is 58.5 Å². The molecule has 3 heterocycles. The van der Waals surface area contributed by atoms with Crippen LogP contribution in [0.4, 0.5) is 0 Å². The third kappa shape index (κ3) is 4.17. The summed E-state index contributed by atoms with van der Waals surface area (Å²) in [5.74, 6) is 0.373. The number of hydrogen-bond donors (Lipinski definition) is 1. The molecule has 0 saturated carbocycles. The normalized spacial score (nSPS) is 11.2. The molecule has 4 rings (SSSR count). The zero-order valence-corrected chi connectivity index (χ0v) is 18.0. The Bertz CT molecular complexity index is 1270. The largest absolute Gasteiger partial charge is 0.494 e. The van der Waals surface area contributed by atoms with Crippen LogP contribution in [0.5, 0.6) is 5.75 Å². The van der Waals surface area contributed by atoms with E-state index < -0.39 is 5.91 Å². The number of pyridine rings is 1. The number of nitrogens with two attached hydrogens (primary N) is 1. The second-order valence-corrected chi connectivity index (χ2v) is 8.61. The number of thiophene rings is 1. The van der Waals surface area contributed by atoms with Crippen molar-refractivity contribution in [3.63, 3.8) is 0 Å². The number of primary amides is 1. The van der Waals surface area contributed by atoms with Crippen molar-refractivity contribution < 1.29 is 9.53 Å². The molecule has 0 unspecified atom stereocenters. The van der Waals surface area contributed by atoms with Gasteiger partial charge in [0, 0.05) is 11.6 Å². The zero-order chi connectivity index (χ0) is 21.1. The fraction of sp³-hybridized carbons (Fsp3) is 0.238. The van der Waals surface area contributed by atoms with Gasteiger partial charge in [0.05, 0.1) is 24.4 Å². The molecule has 1 aromatic carbocycles. The van der Waals surface area contributed by atoms with Crippen LogP contribution in [0.1, 0.15) is 18.9 Å². The third-order valence-electron chi connectivity index (χ3n) is 4.40. The molecule has 0 aliphatic heterocycles. The highest BCUT2D eigenvalue weighted by molar-refractivity contribution is 7.99. The molecule has 0 fully saturated rings. The topological polar surface area (TPSA) is 100 Å². The van der Waals surface area contributed by atoms with E-state index in [9.17, 15) is 9.59 Å². The molecule has 7 nitrogen and oxygen atoms in total. The van der Waals surface area contributed by atoms with Gasteiger partial charge in [0.15, 0.2) is 5.16 Å². The van der Waals surface area contributed by atoms with E-state index in [0.29, 0.717) is 28.5 Å². The van der Waals surface area contributed by atoms with E-state index in [1.54, 1.807) is 10.8 Å². The SMILES string of the molecule is CCCOc1ccc(Cn2c(SCC(N)=O)nc3c(sc4ncccc43)c2=O)cc1. The van der Waals surface area contributed by atoms with Crippen LogP contribution < -0.4 is 16.0 Å². The molecule has 0 atom stereocenters. The number of carbonyl (C=O) groups is 1. The van der Waals surface area contributed by atoms with Crippen molar-refractivity contribution >= 4 is 49.4 Å².